The third kappa shape index (κ3) is 5.28. The number of carbonyl (C=O) groups is 1. The SMILES string of the molecule is CC(C)NC(=O)c1cn(CCN2CCN(Cc3ccc4c(c3)OCCO4)CC2)nn1. The summed E-state index contributed by atoms with van der Waals surface area (Å²) in [6.45, 7) is 11.7. The fourth-order valence-electron chi connectivity index (χ4n) is 3.71. The van der Waals surface area contributed by atoms with E-state index in [-0.39, 0.29) is 11.9 Å². The van der Waals surface area contributed by atoms with E-state index in [1.54, 1.807) is 10.9 Å². The average Bonchev–Trinajstić information content (AvgIpc) is 3.22. The van der Waals surface area contributed by atoms with E-state index in [9.17, 15) is 4.79 Å². The molecule has 0 aliphatic carbocycles. The molecule has 4 rings (SSSR count). The first kappa shape index (κ1) is 20.6. The minimum atomic E-state index is -0.177. The number of hydrogen-bond donors (Lipinski definition) is 1. The lowest BCUT2D eigenvalue weighted by atomic mass is 10.1. The van der Waals surface area contributed by atoms with Gasteiger partial charge in [0.05, 0.1) is 12.7 Å². The standard InChI is InChI=1S/C21H30N6O3/c1-16(2)22-21(28)18-15-27(24-23-18)10-9-25-5-7-26(8-6-25)14-17-3-4-19-20(13-17)30-12-11-29-19/h3-4,13,15-16H,5-12,14H2,1-2H3,(H,22,28). The quantitative estimate of drug-likeness (QED) is 0.724. The Morgan fingerprint density at radius 3 is 2.57 bits per heavy atom. The number of nitrogens with zero attached hydrogens (tertiary/aromatic N) is 5. The highest BCUT2D eigenvalue weighted by atomic mass is 16.6. The van der Waals surface area contributed by atoms with Crippen LogP contribution in [-0.2, 0) is 13.1 Å². The number of amides is 1. The zero-order valence-electron chi connectivity index (χ0n) is 17.7. The van der Waals surface area contributed by atoms with Gasteiger partial charge in [-0.15, -0.1) is 5.10 Å². The summed E-state index contributed by atoms with van der Waals surface area (Å²) in [6, 6.07) is 6.31. The predicted octanol–water partition coefficient (Wildman–Crippen LogP) is 1.01. The summed E-state index contributed by atoms with van der Waals surface area (Å²) in [7, 11) is 0. The van der Waals surface area contributed by atoms with Crippen LogP contribution in [0.3, 0.4) is 0 Å². The Hall–Kier alpha value is -2.65. The van der Waals surface area contributed by atoms with Crippen LogP contribution in [-0.4, -0.2) is 82.7 Å². The number of ether oxygens (including phenoxy) is 2. The molecule has 2 aliphatic heterocycles. The van der Waals surface area contributed by atoms with Crippen LogP contribution in [0.1, 0.15) is 29.9 Å². The van der Waals surface area contributed by atoms with Crippen molar-refractivity contribution in [3.05, 3.63) is 35.7 Å². The lowest BCUT2D eigenvalue weighted by Gasteiger charge is -2.34. The summed E-state index contributed by atoms with van der Waals surface area (Å²) in [5.74, 6) is 1.52. The monoisotopic (exact) mass is 414 g/mol. The second-order valence-electron chi connectivity index (χ2n) is 8.09. The molecule has 2 aliphatic rings. The fraction of sp³-hybridized carbons (Fsp3) is 0.571. The van der Waals surface area contributed by atoms with Gasteiger partial charge < -0.3 is 14.8 Å². The second-order valence-corrected chi connectivity index (χ2v) is 8.09. The zero-order chi connectivity index (χ0) is 20.9. The Kier molecular flexibility index (Phi) is 6.49. The van der Waals surface area contributed by atoms with Gasteiger partial charge in [0.2, 0.25) is 0 Å². The normalized spacial score (nSPS) is 17.3. The maximum atomic E-state index is 12.0. The molecular formula is C21H30N6O3. The van der Waals surface area contributed by atoms with E-state index in [1.807, 2.05) is 19.9 Å². The molecule has 0 unspecified atom stereocenters. The van der Waals surface area contributed by atoms with Gasteiger partial charge in [-0.3, -0.25) is 19.3 Å². The number of rotatable bonds is 7. The minimum Gasteiger partial charge on any atom is -0.486 e. The number of hydrogen-bond acceptors (Lipinski definition) is 7. The number of carbonyl (C=O) groups excluding carboxylic acids is 1. The Morgan fingerprint density at radius 1 is 1.07 bits per heavy atom. The molecule has 1 amide bonds. The maximum absolute atomic E-state index is 12.0. The van der Waals surface area contributed by atoms with Crippen molar-refractivity contribution in [2.45, 2.75) is 33.0 Å². The predicted molar refractivity (Wildman–Crippen MR) is 112 cm³/mol. The molecule has 0 spiro atoms. The Bertz CT molecular complexity index is 860. The van der Waals surface area contributed by atoms with Crippen molar-refractivity contribution in [3.63, 3.8) is 0 Å². The Morgan fingerprint density at radius 2 is 1.80 bits per heavy atom. The molecule has 9 heteroatoms. The van der Waals surface area contributed by atoms with Gasteiger partial charge in [-0.1, -0.05) is 11.3 Å². The number of nitrogens with one attached hydrogen (secondary N) is 1. The molecule has 9 nitrogen and oxygen atoms in total. The molecule has 1 fully saturated rings. The van der Waals surface area contributed by atoms with Gasteiger partial charge in [0.1, 0.15) is 13.2 Å². The van der Waals surface area contributed by atoms with E-state index in [1.165, 1.54) is 5.56 Å². The molecule has 1 saturated heterocycles. The van der Waals surface area contributed by atoms with Crippen LogP contribution in [0.4, 0.5) is 0 Å². The third-order valence-corrected chi connectivity index (χ3v) is 5.31. The first-order chi connectivity index (χ1) is 14.6. The van der Waals surface area contributed by atoms with Gasteiger partial charge in [0.15, 0.2) is 17.2 Å². The van der Waals surface area contributed by atoms with Gasteiger partial charge in [0, 0.05) is 45.3 Å². The molecule has 2 aromatic rings. The number of piperazine rings is 1. The van der Waals surface area contributed by atoms with Crippen molar-refractivity contribution in [3.8, 4) is 11.5 Å². The van der Waals surface area contributed by atoms with Crippen molar-refractivity contribution in [2.24, 2.45) is 0 Å². The van der Waals surface area contributed by atoms with Gasteiger partial charge in [-0.2, -0.15) is 0 Å². The molecule has 0 atom stereocenters. The number of benzene rings is 1. The maximum Gasteiger partial charge on any atom is 0.273 e. The molecule has 0 bridgehead atoms. The zero-order valence-corrected chi connectivity index (χ0v) is 17.7. The molecule has 1 N–H and O–H groups in total. The number of aromatic nitrogens is 3. The van der Waals surface area contributed by atoms with E-state index in [0.29, 0.717) is 18.9 Å². The Labute approximate surface area is 176 Å². The minimum absolute atomic E-state index is 0.0844. The van der Waals surface area contributed by atoms with Crippen molar-refractivity contribution in [2.75, 3.05) is 45.9 Å². The first-order valence-electron chi connectivity index (χ1n) is 10.6. The molecule has 0 radical (unpaired) electrons. The summed E-state index contributed by atoms with van der Waals surface area (Å²) in [5, 5.41) is 10.9. The van der Waals surface area contributed by atoms with Crippen LogP contribution in [0.25, 0.3) is 0 Å². The fourth-order valence-corrected chi connectivity index (χ4v) is 3.71. The van der Waals surface area contributed by atoms with Crippen LogP contribution in [0.15, 0.2) is 24.4 Å². The van der Waals surface area contributed by atoms with E-state index in [4.69, 9.17) is 9.47 Å². The summed E-state index contributed by atoms with van der Waals surface area (Å²) in [5.41, 5.74) is 1.62. The molecule has 0 saturated carbocycles. The smallest absolute Gasteiger partial charge is 0.273 e. The molecular weight excluding hydrogens is 384 g/mol. The molecule has 1 aromatic heterocycles. The van der Waals surface area contributed by atoms with E-state index in [2.05, 4.69) is 37.6 Å². The van der Waals surface area contributed by atoms with E-state index in [0.717, 1.165) is 57.3 Å². The van der Waals surface area contributed by atoms with Crippen LogP contribution < -0.4 is 14.8 Å². The van der Waals surface area contributed by atoms with Crippen LogP contribution >= 0.6 is 0 Å². The highest BCUT2D eigenvalue weighted by Gasteiger charge is 2.19. The summed E-state index contributed by atoms with van der Waals surface area (Å²) in [4.78, 5) is 16.9. The van der Waals surface area contributed by atoms with Gasteiger partial charge >= 0.3 is 0 Å². The average molecular weight is 415 g/mol. The highest BCUT2D eigenvalue weighted by Crippen LogP contribution is 2.31. The summed E-state index contributed by atoms with van der Waals surface area (Å²) in [6.07, 6.45) is 1.72. The molecule has 3 heterocycles. The third-order valence-electron chi connectivity index (χ3n) is 5.31. The van der Waals surface area contributed by atoms with Crippen LogP contribution in [0.5, 0.6) is 11.5 Å². The summed E-state index contributed by atoms with van der Waals surface area (Å²) >= 11 is 0. The van der Waals surface area contributed by atoms with Crippen molar-refractivity contribution < 1.29 is 14.3 Å². The number of fused-ring (bicyclic) bond motifs is 1. The summed E-state index contributed by atoms with van der Waals surface area (Å²) < 4.78 is 13.0. The van der Waals surface area contributed by atoms with E-state index < -0.39 is 0 Å². The van der Waals surface area contributed by atoms with Crippen molar-refractivity contribution in [1.82, 2.24) is 30.1 Å². The first-order valence-corrected chi connectivity index (χ1v) is 10.6. The van der Waals surface area contributed by atoms with Crippen LogP contribution in [0.2, 0.25) is 0 Å². The largest absolute Gasteiger partial charge is 0.486 e. The lowest BCUT2D eigenvalue weighted by Crippen LogP contribution is -2.46. The van der Waals surface area contributed by atoms with Crippen LogP contribution in [0, 0.1) is 0 Å². The van der Waals surface area contributed by atoms with Gasteiger partial charge in [-0.05, 0) is 31.5 Å². The Balaban J connectivity index is 1.21. The topological polar surface area (TPSA) is 84.8 Å². The van der Waals surface area contributed by atoms with E-state index >= 15 is 0 Å². The van der Waals surface area contributed by atoms with Gasteiger partial charge in [-0.25, -0.2) is 0 Å². The highest BCUT2D eigenvalue weighted by molar-refractivity contribution is 5.91. The second kappa shape index (κ2) is 9.44. The van der Waals surface area contributed by atoms with Crippen molar-refractivity contribution >= 4 is 5.91 Å². The molecule has 162 valence electrons. The molecule has 30 heavy (non-hydrogen) atoms. The molecule has 1 aromatic carbocycles. The lowest BCUT2D eigenvalue weighted by molar-refractivity contribution is 0.0938. The van der Waals surface area contributed by atoms with Crippen molar-refractivity contribution in [1.29, 1.82) is 0 Å². The van der Waals surface area contributed by atoms with Gasteiger partial charge in [0.25, 0.3) is 5.91 Å².